The molecule has 0 aromatic carbocycles. The van der Waals surface area contributed by atoms with Crippen LogP contribution in [0.25, 0.3) is 11.0 Å². The van der Waals surface area contributed by atoms with Crippen LogP contribution in [0.4, 0.5) is 19.1 Å². The number of aliphatic hydroxyl groups excluding tert-OH is 1. The summed E-state index contributed by atoms with van der Waals surface area (Å²) in [6.07, 6.45) is -5.22. The summed E-state index contributed by atoms with van der Waals surface area (Å²) in [5.41, 5.74) is 4.98. The molecule has 1 fully saturated rings. The summed E-state index contributed by atoms with van der Waals surface area (Å²) >= 11 is 0. The molecule has 2 aromatic rings. The second-order valence-corrected chi connectivity index (χ2v) is 6.00. The topological polar surface area (TPSA) is 148 Å². The van der Waals surface area contributed by atoms with Gasteiger partial charge in [-0.3, -0.25) is 14.6 Å². The summed E-state index contributed by atoms with van der Waals surface area (Å²) < 4.78 is 43.3. The summed E-state index contributed by atoms with van der Waals surface area (Å²) in [4.78, 5) is 29.4. The first-order valence-corrected chi connectivity index (χ1v) is 8.05. The number of rotatable bonds is 3. The molecule has 3 rings (SSSR count). The summed E-state index contributed by atoms with van der Waals surface area (Å²) in [6, 6.07) is 0. The SMILES string of the molecule is Nc1nc2c(c(C#CCNC(=O)C(F)(F)F)nn2[C@H]2CC(CO)CO2)c(=O)[nH]1. The second-order valence-electron chi connectivity index (χ2n) is 6.00. The number of aromatic amines is 1. The Morgan fingerprint density at radius 2 is 2.25 bits per heavy atom. The molecule has 1 aliphatic heterocycles. The lowest BCUT2D eigenvalue weighted by Crippen LogP contribution is -2.36. The molecule has 2 aromatic heterocycles. The van der Waals surface area contributed by atoms with Gasteiger partial charge in [0.1, 0.15) is 5.39 Å². The molecule has 2 atom stereocenters. The van der Waals surface area contributed by atoms with Gasteiger partial charge in [0.2, 0.25) is 5.95 Å². The Morgan fingerprint density at radius 1 is 1.50 bits per heavy atom. The molecule has 1 saturated heterocycles. The van der Waals surface area contributed by atoms with Gasteiger partial charge in [0.05, 0.1) is 13.2 Å². The Labute approximate surface area is 154 Å². The highest BCUT2D eigenvalue weighted by atomic mass is 19.4. The standard InChI is InChI=1S/C15H15F3N6O4/c16-15(17,18)13(27)20-3-1-2-8-10-11(21-14(19)22-12(10)26)24(23-8)9-4-7(5-25)6-28-9/h7,9,25H,3-6H2,(H,20,27)(H3,19,21,22,26)/t7?,9-/m1/s1. The molecule has 0 saturated carbocycles. The van der Waals surface area contributed by atoms with Crippen molar-refractivity contribution in [2.24, 2.45) is 5.92 Å². The fourth-order valence-corrected chi connectivity index (χ4v) is 2.67. The van der Waals surface area contributed by atoms with Crippen molar-refractivity contribution in [1.29, 1.82) is 0 Å². The third-order valence-electron chi connectivity index (χ3n) is 3.97. The van der Waals surface area contributed by atoms with Crippen LogP contribution in [-0.4, -0.2) is 56.7 Å². The van der Waals surface area contributed by atoms with Gasteiger partial charge in [-0.1, -0.05) is 5.92 Å². The molecule has 1 aliphatic rings. The van der Waals surface area contributed by atoms with E-state index >= 15 is 0 Å². The average molecular weight is 400 g/mol. The molecule has 1 unspecified atom stereocenters. The zero-order chi connectivity index (χ0) is 20.5. The van der Waals surface area contributed by atoms with Crippen LogP contribution in [-0.2, 0) is 9.53 Å². The van der Waals surface area contributed by atoms with Crippen LogP contribution in [0.1, 0.15) is 18.3 Å². The van der Waals surface area contributed by atoms with Crippen molar-refractivity contribution in [3.05, 3.63) is 16.0 Å². The molecule has 3 heterocycles. The highest BCUT2D eigenvalue weighted by molar-refractivity contribution is 5.82. The number of hydrogen-bond acceptors (Lipinski definition) is 7. The molecular weight excluding hydrogens is 385 g/mol. The minimum atomic E-state index is -5.02. The van der Waals surface area contributed by atoms with Crippen LogP contribution in [0.15, 0.2) is 4.79 Å². The fourth-order valence-electron chi connectivity index (χ4n) is 2.67. The Hall–Kier alpha value is -3.11. The largest absolute Gasteiger partial charge is 0.471 e. The summed E-state index contributed by atoms with van der Waals surface area (Å²) in [5.74, 6) is 2.37. The van der Waals surface area contributed by atoms with Crippen LogP contribution in [0.5, 0.6) is 0 Å². The number of nitrogen functional groups attached to an aromatic ring is 1. The van der Waals surface area contributed by atoms with E-state index in [0.29, 0.717) is 6.42 Å². The summed E-state index contributed by atoms with van der Waals surface area (Å²) in [5, 5.41) is 15.0. The van der Waals surface area contributed by atoms with Gasteiger partial charge in [-0.2, -0.15) is 23.3 Å². The monoisotopic (exact) mass is 400 g/mol. The molecule has 0 radical (unpaired) electrons. The molecule has 0 aliphatic carbocycles. The lowest BCUT2D eigenvalue weighted by molar-refractivity contribution is -0.173. The molecular formula is C15H15F3N6O4. The summed E-state index contributed by atoms with van der Waals surface area (Å²) in [7, 11) is 0. The van der Waals surface area contributed by atoms with Gasteiger partial charge < -0.3 is 20.9 Å². The van der Waals surface area contributed by atoms with E-state index in [9.17, 15) is 27.9 Å². The van der Waals surface area contributed by atoms with E-state index in [1.54, 1.807) is 5.32 Å². The first-order chi connectivity index (χ1) is 13.2. The molecule has 0 spiro atoms. The number of ether oxygens (including phenoxy) is 1. The normalized spacial score (nSPS) is 19.4. The highest BCUT2D eigenvalue weighted by Crippen LogP contribution is 2.29. The number of nitrogens with zero attached hydrogens (tertiary/aromatic N) is 3. The maximum absolute atomic E-state index is 12.2. The predicted molar refractivity (Wildman–Crippen MR) is 88.7 cm³/mol. The molecule has 0 bridgehead atoms. The van der Waals surface area contributed by atoms with Crippen LogP contribution in [0, 0.1) is 17.8 Å². The number of halogens is 3. The average Bonchev–Trinajstić information content (AvgIpc) is 3.22. The number of amides is 1. The number of hydrogen-bond donors (Lipinski definition) is 4. The van der Waals surface area contributed by atoms with Crippen LogP contribution in [0.2, 0.25) is 0 Å². The zero-order valence-electron chi connectivity index (χ0n) is 14.2. The smallest absolute Gasteiger partial charge is 0.396 e. The molecule has 150 valence electrons. The minimum Gasteiger partial charge on any atom is -0.396 e. The van der Waals surface area contributed by atoms with Gasteiger partial charge in [-0.25, -0.2) is 4.68 Å². The quantitative estimate of drug-likeness (QED) is 0.496. The second kappa shape index (κ2) is 7.49. The van der Waals surface area contributed by atoms with Gasteiger partial charge in [-0.05, 0) is 5.92 Å². The third kappa shape index (κ3) is 3.92. The van der Waals surface area contributed by atoms with Crippen LogP contribution < -0.4 is 16.6 Å². The zero-order valence-corrected chi connectivity index (χ0v) is 14.2. The number of aliphatic hydroxyl groups is 1. The Bertz CT molecular complexity index is 1020. The van der Waals surface area contributed by atoms with Crippen molar-refractivity contribution in [2.45, 2.75) is 18.8 Å². The first kappa shape index (κ1) is 19.6. The number of carbonyl (C=O) groups excluding carboxylic acids is 1. The van der Waals surface area contributed by atoms with E-state index in [1.165, 1.54) is 4.68 Å². The lowest BCUT2D eigenvalue weighted by Gasteiger charge is -2.10. The van der Waals surface area contributed by atoms with E-state index in [2.05, 4.69) is 26.9 Å². The molecule has 28 heavy (non-hydrogen) atoms. The van der Waals surface area contributed by atoms with Crippen molar-refractivity contribution in [1.82, 2.24) is 25.1 Å². The van der Waals surface area contributed by atoms with E-state index in [-0.39, 0.29) is 41.8 Å². The van der Waals surface area contributed by atoms with Gasteiger partial charge in [0.15, 0.2) is 17.6 Å². The number of H-pyrrole nitrogens is 1. The molecule has 5 N–H and O–H groups in total. The Morgan fingerprint density at radius 3 is 2.89 bits per heavy atom. The molecule has 10 nitrogen and oxygen atoms in total. The fraction of sp³-hybridized carbons (Fsp3) is 0.467. The van der Waals surface area contributed by atoms with E-state index in [1.807, 2.05) is 0 Å². The van der Waals surface area contributed by atoms with Gasteiger partial charge >= 0.3 is 12.1 Å². The van der Waals surface area contributed by atoms with Crippen molar-refractivity contribution >= 4 is 22.9 Å². The number of aromatic nitrogens is 4. The number of carbonyl (C=O) groups is 1. The van der Waals surface area contributed by atoms with Crippen molar-refractivity contribution in [3.8, 4) is 11.8 Å². The predicted octanol–water partition coefficient (Wildman–Crippen LogP) is -0.741. The number of fused-ring (bicyclic) bond motifs is 1. The number of nitrogens with two attached hydrogens (primary N) is 1. The maximum atomic E-state index is 12.2. The molecule has 1 amide bonds. The lowest BCUT2D eigenvalue weighted by atomic mass is 10.1. The minimum absolute atomic E-state index is 0.0140. The highest BCUT2D eigenvalue weighted by Gasteiger charge is 2.38. The van der Waals surface area contributed by atoms with E-state index in [4.69, 9.17) is 10.5 Å². The first-order valence-electron chi connectivity index (χ1n) is 8.05. The van der Waals surface area contributed by atoms with E-state index in [0.717, 1.165) is 0 Å². The maximum Gasteiger partial charge on any atom is 0.471 e. The number of nitrogens with one attached hydrogen (secondary N) is 2. The van der Waals surface area contributed by atoms with Crippen LogP contribution in [0.3, 0.4) is 0 Å². The number of alkyl halides is 3. The van der Waals surface area contributed by atoms with Gasteiger partial charge in [0, 0.05) is 18.9 Å². The molecule has 13 heteroatoms. The van der Waals surface area contributed by atoms with Crippen molar-refractivity contribution < 1.29 is 27.8 Å². The summed E-state index contributed by atoms with van der Waals surface area (Å²) in [6.45, 7) is -0.400. The Balaban J connectivity index is 1.92. The van der Waals surface area contributed by atoms with Crippen LogP contribution >= 0.6 is 0 Å². The Kier molecular flexibility index (Phi) is 5.25. The third-order valence-corrected chi connectivity index (χ3v) is 3.97. The van der Waals surface area contributed by atoms with E-state index < -0.39 is 30.4 Å². The van der Waals surface area contributed by atoms with Crippen molar-refractivity contribution in [2.75, 3.05) is 25.5 Å². The van der Waals surface area contributed by atoms with Gasteiger partial charge in [-0.15, -0.1) is 0 Å². The number of anilines is 1. The van der Waals surface area contributed by atoms with Crippen molar-refractivity contribution in [3.63, 3.8) is 0 Å². The van der Waals surface area contributed by atoms with Gasteiger partial charge in [0.25, 0.3) is 5.56 Å².